The Kier molecular flexibility index (Phi) is 4.18. The van der Waals surface area contributed by atoms with Crippen molar-refractivity contribution in [1.29, 1.82) is 5.26 Å². The third kappa shape index (κ3) is 2.94. The van der Waals surface area contributed by atoms with E-state index in [0.717, 1.165) is 15.8 Å². The van der Waals surface area contributed by atoms with E-state index in [0.29, 0.717) is 12.1 Å². The first-order valence-electron chi connectivity index (χ1n) is 5.88. The SMILES string of the molecule is CCN(c1cccc(F)c1)c1cc(Br)ccc1C#N. The first-order valence-corrected chi connectivity index (χ1v) is 6.67. The second-order valence-electron chi connectivity index (χ2n) is 4.00. The Bertz CT molecular complexity index is 634. The molecule has 0 saturated heterocycles. The van der Waals surface area contributed by atoms with Crippen LogP contribution in [0.5, 0.6) is 0 Å². The van der Waals surface area contributed by atoms with Crippen LogP contribution in [0, 0.1) is 17.1 Å². The molecule has 96 valence electrons. The van der Waals surface area contributed by atoms with Gasteiger partial charge in [-0.25, -0.2) is 4.39 Å². The summed E-state index contributed by atoms with van der Waals surface area (Å²) >= 11 is 3.40. The minimum absolute atomic E-state index is 0.288. The Morgan fingerprint density at radius 2 is 2.05 bits per heavy atom. The summed E-state index contributed by atoms with van der Waals surface area (Å²) in [6.45, 7) is 2.61. The molecule has 0 N–H and O–H groups in total. The third-order valence-corrected chi connectivity index (χ3v) is 3.30. The Balaban J connectivity index is 2.54. The molecule has 0 aromatic heterocycles. The zero-order valence-corrected chi connectivity index (χ0v) is 12.0. The molecule has 2 rings (SSSR count). The van der Waals surface area contributed by atoms with Gasteiger partial charge < -0.3 is 4.90 Å². The fraction of sp³-hybridized carbons (Fsp3) is 0.133. The summed E-state index contributed by atoms with van der Waals surface area (Å²) in [5.74, 6) is -0.288. The molecule has 0 radical (unpaired) electrons. The van der Waals surface area contributed by atoms with Crippen molar-refractivity contribution in [1.82, 2.24) is 0 Å². The largest absolute Gasteiger partial charge is 0.341 e. The number of halogens is 2. The summed E-state index contributed by atoms with van der Waals surface area (Å²) in [5.41, 5.74) is 2.07. The number of hydrogen-bond acceptors (Lipinski definition) is 2. The highest BCUT2D eigenvalue weighted by Gasteiger charge is 2.12. The van der Waals surface area contributed by atoms with Crippen molar-refractivity contribution in [2.75, 3.05) is 11.4 Å². The van der Waals surface area contributed by atoms with E-state index >= 15 is 0 Å². The van der Waals surface area contributed by atoms with E-state index in [1.807, 2.05) is 30.0 Å². The maximum absolute atomic E-state index is 13.3. The highest BCUT2D eigenvalue weighted by Crippen LogP contribution is 2.31. The third-order valence-electron chi connectivity index (χ3n) is 2.81. The zero-order valence-electron chi connectivity index (χ0n) is 10.4. The molecule has 2 nitrogen and oxygen atoms in total. The van der Waals surface area contributed by atoms with E-state index < -0.39 is 0 Å². The van der Waals surface area contributed by atoms with E-state index in [2.05, 4.69) is 22.0 Å². The van der Waals surface area contributed by atoms with Crippen LogP contribution < -0.4 is 4.90 Å². The average Bonchev–Trinajstić information content (AvgIpc) is 2.40. The maximum atomic E-state index is 13.3. The highest BCUT2D eigenvalue weighted by atomic mass is 79.9. The highest BCUT2D eigenvalue weighted by molar-refractivity contribution is 9.10. The van der Waals surface area contributed by atoms with Crippen molar-refractivity contribution in [3.63, 3.8) is 0 Å². The van der Waals surface area contributed by atoms with Gasteiger partial charge in [-0.15, -0.1) is 0 Å². The van der Waals surface area contributed by atoms with Gasteiger partial charge in [0.2, 0.25) is 0 Å². The molecule has 0 saturated carbocycles. The van der Waals surface area contributed by atoms with Crippen LogP contribution in [0.3, 0.4) is 0 Å². The second kappa shape index (κ2) is 5.85. The molecule has 4 heteroatoms. The molecule has 0 bridgehead atoms. The molecule has 0 aliphatic rings. The Morgan fingerprint density at radius 1 is 1.26 bits per heavy atom. The van der Waals surface area contributed by atoms with Crippen LogP contribution in [0.15, 0.2) is 46.9 Å². The molecule has 0 atom stereocenters. The second-order valence-corrected chi connectivity index (χ2v) is 4.91. The van der Waals surface area contributed by atoms with Crippen LogP contribution in [0.1, 0.15) is 12.5 Å². The quantitative estimate of drug-likeness (QED) is 0.825. The van der Waals surface area contributed by atoms with E-state index in [1.54, 1.807) is 12.1 Å². The van der Waals surface area contributed by atoms with Gasteiger partial charge in [-0.05, 0) is 43.3 Å². The van der Waals surface area contributed by atoms with Gasteiger partial charge in [0.15, 0.2) is 0 Å². The topological polar surface area (TPSA) is 27.0 Å². The van der Waals surface area contributed by atoms with Crippen molar-refractivity contribution in [2.24, 2.45) is 0 Å². The lowest BCUT2D eigenvalue weighted by atomic mass is 10.1. The van der Waals surface area contributed by atoms with Crippen molar-refractivity contribution in [2.45, 2.75) is 6.92 Å². The zero-order chi connectivity index (χ0) is 13.8. The van der Waals surface area contributed by atoms with Crippen LogP contribution in [-0.4, -0.2) is 6.54 Å². The van der Waals surface area contributed by atoms with Gasteiger partial charge in [-0.1, -0.05) is 22.0 Å². The normalized spacial score (nSPS) is 10.0. The Hall–Kier alpha value is -1.86. The van der Waals surface area contributed by atoms with Crippen molar-refractivity contribution in [3.8, 4) is 6.07 Å². The Morgan fingerprint density at radius 3 is 2.68 bits per heavy atom. The average molecular weight is 319 g/mol. The lowest BCUT2D eigenvalue weighted by molar-refractivity contribution is 0.627. The van der Waals surface area contributed by atoms with Crippen LogP contribution >= 0.6 is 15.9 Å². The molecule has 0 heterocycles. The van der Waals surface area contributed by atoms with Gasteiger partial charge in [0.05, 0.1) is 11.3 Å². The minimum Gasteiger partial charge on any atom is -0.341 e. The lowest BCUT2D eigenvalue weighted by Gasteiger charge is -2.24. The summed E-state index contributed by atoms with van der Waals surface area (Å²) in [7, 11) is 0. The van der Waals surface area contributed by atoms with Gasteiger partial charge >= 0.3 is 0 Å². The molecule has 0 aliphatic carbocycles. The molecule has 19 heavy (non-hydrogen) atoms. The van der Waals surface area contributed by atoms with Crippen LogP contribution in [0.2, 0.25) is 0 Å². The number of nitriles is 1. The predicted molar refractivity (Wildman–Crippen MR) is 77.9 cm³/mol. The molecule has 0 spiro atoms. The van der Waals surface area contributed by atoms with Gasteiger partial charge in [0, 0.05) is 16.7 Å². The van der Waals surface area contributed by atoms with Gasteiger partial charge in [-0.3, -0.25) is 0 Å². The van der Waals surface area contributed by atoms with E-state index in [1.165, 1.54) is 12.1 Å². The summed E-state index contributed by atoms with van der Waals surface area (Å²) < 4.78 is 14.2. The molecular formula is C15H12BrFN2. The van der Waals surface area contributed by atoms with Crippen LogP contribution in [0.4, 0.5) is 15.8 Å². The van der Waals surface area contributed by atoms with Crippen LogP contribution in [0.25, 0.3) is 0 Å². The molecule has 0 aliphatic heterocycles. The number of anilines is 2. The van der Waals surface area contributed by atoms with E-state index in [4.69, 9.17) is 0 Å². The standard InChI is InChI=1S/C15H12BrFN2/c1-2-19(14-5-3-4-13(17)9-14)15-8-12(16)7-6-11(15)10-18/h3-9H,2H2,1H3. The van der Waals surface area contributed by atoms with Crippen molar-refractivity contribution < 1.29 is 4.39 Å². The van der Waals surface area contributed by atoms with Gasteiger partial charge in [0.1, 0.15) is 11.9 Å². The van der Waals surface area contributed by atoms with Crippen molar-refractivity contribution >= 4 is 27.3 Å². The van der Waals surface area contributed by atoms with Crippen LogP contribution in [-0.2, 0) is 0 Å². The van der Waals surface area contributed by atoms with Gasteiger partial charge in [0.25, 0.3) is 0 Å². The van der Waals surface area contributed by atoms with Gasteiger partial charge in [-0.2, -0.15) is 5.26 Å². The Labute approximate surface area is 120 Å². The number of rotatable bonds is 3. The first kappa shape index (κ1) is 13.6. The fourth-order valence-electron chi connectivity index (χ4n) is 1.96. The van der Waals surface area contributed by atoms with E-state index in [-0.39, 0.29) is 5.82 Å². The molecule has 2 aromatic rings. The van der Waals surface area contributed by atoms with Crippen molar-refractivity contribution in [3.05, 3.63) is 58.3 Å². The lowest BCUT2D eigenvalue weighted by Crippen LogP contribution is -2.17. The molecule has 0 amide bonds. The first-order chi connectivity index (χ1) is 9.15. The molecule has 2 aromatic carbocycles. The molecule has 0 fully saturated rings. The number of hydrogen-bond donors (Lipinski definition) is 0. The molecular weight excluding hydrogens is 307 g/mol. The monoisotopic (exact) mass is 318 g/mol. The summed E-state index contributed by atoms with van der Waals surface area (Å²) in [6, 6.07) is 14.0. The molecule has 0 unspecified atom stereocenters. The minimum atomic E-state index is -0.288. The summed E-state index contributed by atoms with van der Waals surface area (Å²) in [6.07, 6.45) is 0. The smallest absolute Gasteiger partial charge is 0.125 e. The number of nitrogens with zero attached hydrogens (tertiary/aromatic N) is 2. The fourth-order valence-corrected chi connectivity index (χ4v) is 2.31. The summed E-state index contributed by atoms with van der Waals surface area (Å²) in [4.78, 5) is 1.91. The maximum Gasteiger partial charge on any atom is 0.125 e. The summed E-state index contributed by atoms with van der Waals surface area (Å²) in [5, 5.41) is 9.19. The number of benzene rings is 2. The predicted octanol–water partition coefficient (Wildman–Crippen LogP) is 4.62. The van der Waals surface area contributed by atoms with E-state index in [9.17, 15) is 9.65 Å².